The van der Waals surface area contributed by atoms with E-state index in [4.69, 9.17) is 0 Å². The maximum absolute atomic E-state index is 14.4. The van der Waals surface area contributed by atoms with Crippen LogP contribution in [0.1, 0.15) is 19.3 Å². The van der Waals surface area contributed by atoms with Crippen LogP contribution >= 0.6 is 0 Å². The van der Waals surface area contributed by atoms with Crippen molar-refractivity contribution >= 4 is 23.3 Å². The fraction of sp³-hybridized carbons (Fsp3) is 0.300. The first-order valence-electron chi connectivity index (χ1n) is 8.60. The van der Waals surface area contributed by atoms with Gasteiger partial charge in [-0.05, 0) is 50.2 Å². The molecule has 0 aromatic heterocycles. The summed E-state index contributed by atoms with van der Waals surface area (Å²) in [6, 6.07) is 14.8. The van der Waals surface area contributed by atoms with Gasteiger partial charge in [0.15, 0.2) is 0 Å². The van der Waals surface area contributed by atoms with Gasteiger partial charge in [0, 0.05) is 12.1 Å². The maximum atomic E-state index is 14.4. The van der Waals surface area contributed by atoms with E-state index in [9.17, 15) is 19.1 Å². The fourth-order valence-electron chi connectivity index (χ4n) is 3.37. The van der Waals surface area contributed by atoms with Crippen molar-refractivity contribution in [3.8, 4) is 0 Å². The number of carbonyl (C=O) groups is 2. The number of carboxylic acids is 1. The Bertz CT molecular complexity index is 789. The Hall–Kier alpha value is -2.73. The van der Waals surface area contributed by atoms with Crippen molar-refractivity contribution in [2.24, 2.45) is 5.41 Å². The second kappa shape index (κ2) is 7.66. The number of rotatable bonds is 5. The zero-order valence-electron chi connectivity index (χ0n) is 14.3. The fourth-order valence-corrected chi connectivity index (χ4v) is 3.37. The smallest absolute Gasteiger partial charge is 0.310 e. The van der Waals surface area contributed by atoms with Crippen molar-refractivity contribution in [1.82, 2.24) is 5.32 Å². The molecule has 1 amide bonds. The highest BCUT2D eigenvalue weighted by molar-refractivity contribution is 6.02. The maximum Gasteiger partial charge on any atom is 0.310 e. The highest BCUT2D eigenvalue weighted by Gasteiger charge is 2.43. The van der Waals surface area contributed by atoms with E-state index in [1.165, 1.54) is 17.0 Å². The monoisotopic (exact) mass is 356 g/mol. The number of halogens is 1. The van der Waals surface area contributed by atoms with Crippen molar-refractivity contribution in [2.45, 2.75) is 19.3 Å². The Morgan fingerprint density at radius 1 is 1.04 bits per heavy atom. The van der Waals surface area contributed by atoms with Gasteiger partial charge in [-0.3, -0.25) is 14.5 Å². The number of hydrogen-bond donors (Lipinski definition) is 2. The number of para-hydroxylation sites is 2. The third-order valence-electron chi connectivity index (χ3n) is 4.86. The average molecular weight is 356 g/mol. The normalized spacial score (nSPS) is 16.0. The summed E-state index contributed by atoms with van der Waals surface area (Å²) in [5.74, 6) is -1.93. The second-order valence-electron chi connectivity index (χ2n) is 6.53. The Morgan fingerprint density at radius 2 is 1.65 bits per heavy atom. The topological polar surface area (TPSA) is 69.6 Å². The van der Waals surface area contributed by atoms with Crippen LogP contribution in [0.3, 0.4) is 0 Å². The Labute approximate surface area is 151 Å². The average Bonchev–Trinajstić information content (AvgIpc) is 2.65. The number of piperidine rings is 1. The molecular formula is C20H21FN2O3. The molecule has 0 bridgehead atoms. The molecule has 1 fully saturated rings. The van der Waals surface area contributed by atoms with Crippen LogP contribution in [0.4, 0.5) is 15.8 Å². The minimum atomic E-state index is -1.12. The molecule has 136 valence electrons. The lowest BCUT2D eigenvalue weighted by Gasteiger charge is -2.35. The summed E-state index contributed by atoms with van der Waals surface area (Å²) in [7, 11) is 0. The molecule has 0 radical (unpaired) electrons. The Kier molecular flexibility index (Phi) is 5.32. The van der Waals surface area contributed by atoms with Crippen molar-refractivity contribution in [3.63, 3.8) is 0 Å². The minimum absolute atomic E-state index is 0.123. The summed E-state index contributed by atoms with van der Waals surface area (Å²) in [4.78, 5) is 26.3. The molecule has 0 saturated carbocycles. The van der Waals surface area contributed by atoms with E-state index in [1.54, 1.807) is 42.5 Å². The predicted molar refractivity (Wildman–Crippen MR) is 96.8 cm³/mol. The quantitative estimate of drug-likeness (QED) is 0.862. The van der Waals surface area contributed by atoms with Crippen LogP contribution in [0.15, 0.2) is 54.6 Å². The van der Waals surface area contributed by atoms with E-state index in [0.29, 0.717) is 31.6 Å². The second-order valence-corrected chi connectivity index (χ2v) is 6.53. The van der Waals surface area contributed by atoms with Gasteiger partial charge in [0.2, 0.25) is 5.91 Å². The summed E-state index contributed by atoms with van der Waals surface area (Å²) in [6.07, 6.45) is 0.565. The summed E-state index contributed by atoms with van der Waals surface area (Å²) in [6.45, 7) is 1.09. The molecule has 0 unspecified atom stereocenters. The van der Waals surface area contributed by atoms with Crippen molar-refractivity contribution in [1.29, 1.82) is 0 Å². The summed E-state index contributed by atoms with van der Waals surface area (Å²) < 4.78 is 14.4. The summed E-state index contributed by atoms with van der Waals surface area (Å²) in [5.41, 5.74) is -0.490. The lowest BCUT2D eigenvalue weighted by atomic mass is 9.75. The number of aliphatic carboxylic acids is 1. The van der Waals surface area contributed by atoms with Crippen molar-refractivity contribution in [3.05, 3.63) is 60.4 Å². The van der Waals surface area contributed by atoms with Crippen molar-refractivity contribution in [2.75, 3.05) is 18.0 Å². The first-order chi connectivity index (χ1) is 12.5. The van der Waals surface area contributed by atoms with Crippen LogP contribution in [0.5, 0.6) is 0 Å². The Balaban J connectivity index is 1.98. The molecular weight excluding hydrogens is 335 g/mol. The number of nitrogens with one attached hydrogen (secondary N) is 1. The SMILES string of the molecule is O=C(CC1(C(=O)O)CCNCC1)N(c1ccccc1)c1ccccc1F. The zero-order valence-corrected chi connectivity index (χ0v) is 14.3. The molecule has 1 aliphatic rings. The van der Waals surface area contributed by atoms with E-state index in [0.717, 1.165) is 0 Å². The van der Waals surface area contributed by atoms with Gasteiger partial charge in [-0.25, -0.2) is 4.39 Å². The van der Waals surface area contributed by atoms with E-state index >= 15 is 0 Å². The van der Waals surface area contributed by atoms with E-state index in [1.807, 2.05) is 0 Å². The molecule has 2 aromatic carbocycles. The highest BCUT2D eigenvalue weighted by Crippen LogP contribution is 2.37. The van der Waals surface area contributed by atoms with Gasteiger partial charge >= 0.3 is 5.97 Å². The molecule has 26 heavy (non-hydrogen) atoms. The number of carboxylic acid groups (broad SMARTS) is 1. The lowest BCUT2D eigenvalue weighted by Crippen LogP contribution is -2.45. The van der Waals surface area contributed by atoms with Crippen LogP contribution in [0.2, 0.25) is 0 Å². The van der Waals surface area contributed by atoms with Gasteiger partial charge in [-0.2, -0.15) is 0 Å². The van der Waals surface area contributed by atoms with Gasteiger partial charge in [-0.15, -0.1) is 0 Å². The molecule has 0 aliphatic carbocycles. The van der Waals surface area contributed by atoms with Crippen LogP contribution in [-0.4, -0.2) is 30.1 Å². The summed E-state index contributed by atoms with van der Waals surface area (Å²) >= 11 is 0. The van der Waals surface area contributed by atoms with Crippen LogP contribution in [0, 0.1) is 11.2 Å². The third-order valence-corrected chi connectivity index (χ3v) is 4.86. The molecule has 2 N–H and O–H groups in total. The number of anilines is 2. The third kappa shape index (κ3) is 3.60. The lowest BCUT2D eigenvalue weighted by molar-refractivity contribution is -0.153. The van der Waals surface area contributed by atoms with Gasteiger partial charge in [-0.1, -0.05) is 30.3 Å². The van der Waals surface area contributed by atoms with Crippen LogP contribution in [0.25, 0.3) is 0 Å². The van der Waals surface area contributed by atoms with Gasteiger partial charge in [0.05, 0.1) is 11.1 Å². The van der Waals surface area contributed by atoms with Crippen LogP contribution < -0.4 is 10.2 Å². The predicted octanol–water partition coefficient (Wildman–Crippen LogP) is 3.33. The zero-order chi connectivity index (χ0) is 18.6. The molecule has 1 heterocycles. The number of benzene rings is 2. The largest absolute Gasteiger partial charge is 0.481 e. The Morgan fingerprint density at radius 3 is 2.27 bits per heavy atom. The first-order valence-corrected chi connectivity index (χ1v) is 8.60. The number of carbonyl (C=O) groups excluding carboxylic acids is 1. The van der Waals surface area contributed by atoms with Crippen LogP contribution in [-0.2, 0) is 9.59 Å². The van der Waals surface area contributed by atoms with Gasteiger partial charge < -0.3 is 10.4 Å². The van der Waals surface area contributed by atoms with Gasteiger partial charge in [0.25, 0.3) is 0 Å². The molecule has 1 saturated heterocycles. The minimum Gasteiger partial charge on any atom is -0.481 e. The standard InChI is InChI=1S/C20H21FN2O3/c21-16-8-4-5-9-17(16)23(15-6-2-1-3-7-15)18(24)14-20(19(25)26)10-12-22-13-11-20/h1-9,22H,10-14H2,(H,25,26). The molecule has 2 aromatic rings. The van der Waals surface area contributed by atoms with E-state index < -0.39 is 23.1 Å². The van der Waals surface area contributed by atoms with Crippen molar-refractivity contribution < 1.29 is 19.1 Å². The molecule has 6 heteroatoms. The van der Waals surface area contributed by atoms with Gasteiger partial charge in [0.1, 0.15) is 5.82 Å². The number of nitrogens with zero attached hydrogens (tertiary/aromatic N) is 1. The molecule has 5 nitrogen and oxygen atoms in total. The number of hydrogen-bond acceptors (Lipinski definition) is 3. The molecule has 0 spiro atoms. The first kappa shape index (κ1) is 18.1. The summed E-state index contributed by atoms with van der Waals surface area (Å²) in [5, 5.41) is 12.9. The highest BCUT2D eigenvalue weighted by atomic mass is 19.1. The molecule has 0 atom stereocenters. The number of amides is 1. The van der Waals surface area contributed by atoms with E-state index in [2.05, 4.69) is 5.32 Å². The molecule has 3 rings (SSSR count). The van der Waals surface area contributed by atoms with E-state index in [-0.39, 0.29) is 12.1 Å². The molecule has 1 aliphatic heterocycles.